The molecular formula is C18H25N7. The van der Waals surface area contributed by atoms with E-state index in [0.717, 1.165) is 31.1 Å². The highest BCUT2D eigenvalue weighted by Crippen LogP contribution is 2.35. The number of nitrogens with zero attached hydrogens (tertiary/aromatic N) is 5. The second kappa shape index (κ2) is 7.23. The average Bonchev–Trinajstić information content (AvgIpc) is 3.35. The number of nitrogens with two attached hydrogens (primary N) is 1. The molecule has 0 spiro atoms. The molecule has 2 aliphatic heterocycles. The molecule has 0 amide bonds. The van der Waals surface area contributed by atoms with E-state index in [9.17, 15) is 0 Å². The minimum atomic E-state index is 0.471. The maximum Gasteiger partial charge on any atom is 0.180 e. The van der Waals surface area contributed by atoms with E-state index in [1.165, 1.54) is 44.3 Å². The Morgan fingerprint density at radius 1 is 1.04 bits per heavy atom. The predicted molar refractivity (Wildman–Crippen MR) is 99.6 cm³/mol. The van der Waals surface area contributed by atoms with Crippen molar-refractivity contribution < 1.29 is 0 Å². The van der Waals surface area contributed by atoms with Crippen LogP contribution in [0.5, 0.6) is 0 Å². The van der Waals surface area contributed by atoms with Crippen LogP contribution < -0.4 is 10.6 Å². The van der Waals surface area contributed by atoms with E-state index in [4.69, 9.17) is 5.73 Å². The van der Waals surface area contributed by atoms with E-state index < -0.39 is 0 Å². The van der Waals surface area contributed by atoms with E-state index in [0.29, 0.717) is 11.5 Å². The largest absolute Gasteiger partial charge is 0.382 e. The second-order valence-corrected chi connectivity index (χ2v) is 6.86. The third-order valence-electron chi connectivity index (χ3n) is 4.94. The summed E-state index contributed by atoms with van der Waals surface area (Å²) >= 11 is 0. The van der Waals surface area contributed by atoms with Crippen LogP contribution in [0.15, 0.2) is 34.5 Å². The first kappa shape index (κ1) is 16.1. The lowest BCUT2D eigenvalue weighted by atomic mass is 10.2. The van der Waals surface area contributed by atoms with Gasteiger partial charge in [0, 0.05) is 19.6 Å². The fourth-order valence-electron chi connectivity index (χ4n) is 3.61. The van der Waals surface area contributed by atoms with Crippen molar-refractivity contribution in [1.82, 2.24) is 15.1 Å². The molecule has 2 aliphatic rings. The van der Waals surface area contributed by atoms with E-state index in [1.54, 1.807) is 0 Å². The van der Waals surface area contributed by atoms with Gasteiger partial charge in [-0.05, 0) is 56.5 Å². The first-order valence-corrected chi connectivity index (χ1v) is 9.11. The lowest BCUT2D eigenvalue weighted by Crippen LogP contribution is -2.18. The van der Waals surface area contributed by atoms with E-state index in [2.05, 4.69) is 42.4 Å². The standard InChI is InChI=1S/C18H25N7/c19-17-16(18(23-22-17)25-10-3-4-11-25)21-20-15-7-5-6-14(12-15)13-24-8-1-2-9-24/h5-7,12H,1-4,8-11,13H2,(H3,19,22,23). The number of azo groups is 1. The van der Waals surface area contributed by atoms with Crippen molar-refractivity contribution in [2.24, 2.45) is 10.2 Å². The van der Waals surface area contributed by atoms with Gasteiger partial charge in [-0.15, -0.1) is 5.11 Å². The summed E-state index contributed by atoms with van der Waals surface area (Å²) in [6, 6.07) is 8.27. The molecule has 0 unspecified atom stereocenters. The summed E-state index contributed by atoms with van der Waals surface area (Å²) in [5, 5.41) is 16.0. The highest BCUT2D eigenvalue weighted by molar-refractivity contribution is 5.73. The summed E-state index contributed by atoms with van der Waals surface area (Å²) in [7, 11) is 0. The van der Waals surface area contributed by atoms with Crippen LogP contribution in [0.25, 0.3) is 0 Å². The summed E-state index contributed by atoms with van der Waals surface area (Å²) in [5.74, 6) is 1.28. The minimum absolute atomic E-state index is 0.471. The Bertz CT molecular complexity index is 740. The molecule has 0 atom stereocenters. The molecule has 0 bridgehead atoms. The molecule has 0 aliphatic carbocycles. The van der Waals surface area contributed by atoms with Gasteiger partial charge in [0.05, 0.1) is 5.69 Å². The third kappa shape index (κ3) is 3.66. The molecule has 0 saturated carbocycles. The van der Waals surface area contributed by atoms with Crippen LogP contribution in [0.1, 0.15) is 31.2 Å². The monoisotopic (exact) mass is 339 g/mol. The molecule has 0 radical (unpaired) electrons. The van der Waals surface area contributed by atoms with Crippen LogP contribution in [-0.4, -0.2) is 41.3 Å². The van der Waals surface area contributed by atoms with Gasteiger partial charge in [0.15, 0.2) is 11.5 Å². The van der Waals surface area contributed by atoms with Gasteiger partial charge in [0.25, 0.3) is 0 Å². The Morgan fingerprint density at radius 2 is 1.80 bits per heavy atom. The fraction of sp³-hybridized carbons (Fsp3) is 0.500. The highest BCUT2D eigenvalue weighted by Gasteiger charge is 2.20. The van der Waals surface area contributed by atoms with E-state index in [1.807, 2.05) is 12.1 Å². The van der Waals surface area contributed by atoms with Gasteiger partial charge in [0.1, 0.15) is 5.82 Å². The number of aromatic amines is 1. The number of anilines is 2. The molecule has 2 saturated heterocycles. The molecule has 1 aromatic carbocycles. The Balaban J connectivity index is 1.51. The van der Waals surface area contributed by atoms with Crippen molar-refractivity contribution in [1.29, 1.82) is 0 Å². The van der Waals surface area contributed by atoms with E-state index >= 15 is 0 Å². The highest BCUT2D eigenvalue weighted by atomic mass is 15.3. The Morgan fingerprint density at radius 3 is 2.60 bits per heavy atom. The Kier molecular flexibility index (Phi) is 4.65. The molecule has 25 heavy (non-hydrogen) atoms. The number of hydrogen-bond donors (Lipinski definition) is 2. The fourth-order valence-corrected chi connectivity index (χ4v) is 3.61. The van der Waals surface area contributed by atoms with Crippen LogP contribution in [-0.2, 0) is 6.54 Å². The van der Waals surface area contributed by atoms with Crippen LogP contribution in [0, 0.1) is 0 Å². The Labute approximate surface area is 147 Å². The molecule has 3 N–H and O–H groups in total. The van der Waals surface area contributed by atoms with Crippen molar-refractivity contribution >= 4 is 23.0 Å². The topological polar surface area (TPSA) is 85.9 Å². The third-order valence-corrected chi connectivity index (χ3v) is 4.94. The summed E-state index contributed by atoms with van der Waals surface area (Å²) in [4.78, 5) is 4.70. The maximum atomic E-state index is 6.01. The molecule has 3 heterocycles. The molecule has 7 nitrogen and oxygen atoms in total. The number of nitrogen functional groups attached to an aromatic ring is 1. The van der Waals surface area contributed by atoms with Crippen LogP contribution in [0.4, 0.5) is 23.0 Å². The van der Waals surface area contributed by atoms with Crippen molar-refractivity contribution in [3.8, 4) is 0 Å². The van der Waals surface area contributed by atoms with Gasteiger partial charge < -0.3 is 10.6 Å². The molecule has 2 aromatic rings. The quantitative estimate of drug-likeness (QED) is 0.815. The molecule has 4 rings (SSSR count). The molecule has 1 aromatic heterocycles. The lowest BCUT2D eigenvalue weighted by Gasteiger charge is -2.14. The second-order valence-electron chi connectivity index (χ2n) is 6.86. The number of nitrogens with one attached hydrogen (secondary N) is 1. The van der Waals surface area contributed by atoms with Crippen molar-refractivity contribution in [2.45, 2.75) is 32.2 Å². The molecular weight excluding hydrogens is 314 g/mol. The minimum Gasteiger partial charge on any atom is -0.382 e. The van der Waals surface area contributed by atoms with Gasteiger partial charge in [-0.2, -0.15) is 10.2 Å². The van der Waals surface area contributed by atoms with Gasteiger partial charge >= 0.3 is 0 Å². The summed E-state index contributed by atoms with van der Waals surface area (Å²) in [6.45, 7) is 5.36. The molecule has 2 fully saturated rings. The summed E-state index contributed by atoms with van der Waals surface area (Å²) in [6.07, 6.45) is 4.97. The number of likely N-dealkylation sites (tertiary alicyclic amines) is 1. The SMILES string of the molecule is Nc1[nH]nc(N2CCCC2)c1N=Nc1cccc(CN2CCCC2)c1. The zero-order valence-corrected chi connectivity index (χ0v) is 14.5. The first-order chi connectivity index (χ1) is 12.3. The first-order valence-electron chi connectivity index (χ1n) is 9.11. The number of aromatic nitrogens is 2. The number of rotatable bonds is 5. The van der Waals surface area contributed by atoms with Crippen LogP contribution in [0.2, 0.25) is 0 Å². The van der Waals surface area contributed by atoms with Gasteiger partial charge in [-0.25, -0.2) is 0 Å². The van der Waals surface area contributed by atoms with Crippen LogP contribution in [0.3, 0.4) is 0 Å². The number of hydrogen-bond acceptors (Lipinski definition) is 6. The summed E-state index contributed by atoms with van der Waals surface area (Å²) in [5.41, 5.74) is 8.78. The van der Waals surface area contributed by atoms with Crippen molar-refractivity contribution in [2.75, 3.05) is 36.8 Å². The zero-order valence-electron chi connectivity index (χ0n) is 14.5. The lowest BCUT2D eigenvalue weighted by molar-refractivity contribution is 0.331. The number of benzene rings is 1. The van der Waals surface area contributed by atoms with Gasteiger partial charge in [0.2, 0.25) is 0 Å². The average molecular weight is 339 g/mol. The number of H-pyrrole nitrogens is 1. The smallest absolute Gasteiger partial charge is 0.180 e. The normalized spacial score (nSPS) is 18.6. The van der Waals surface area contributed by atoms with Gasteiger partial charge in [-0.1, -0.05) is 12.1 Å². The maximum absolute atomic E-state index is 6.01. The van der Waals surface area contributed by atoms with E-state index in [-0.39, 0.29) is 0 Å². The Hall–Kier alpha value is -2.41. The summed E-state index contributed by atoms with van der Waals surface area (Å²) < 4.78 is 0. The predicted octanol–water partition coefficient (Wildman–Crippen LogP) is 3.60. The van der Waals surface area contributed by atoms with Gasteiger partial charge in [-0.3, -0.25) is 10.00 Å². The van der Waals surface area contributed by atoms with Crippen molar-refractivity contribution in [3.05, 3.63) is 29.8 Å². The zero-order chi connectivity index (χ0) is 17.1. The molecule has 7 heteroatoms. The van der Waals surface area contributed by atoms with Crippen molar-refractivity contribution in [3.63, 3.8) is 0 Å². The molecule has 132 valence electrons. The van der Waals surface area contributed by atoms with Crippen LogP contribution >= 0.6 is 0 Å².